The van der Waals surface area contributed by atoms with Gasteiger partial charge in [0.05, 0.1) is 10.8 Å². The second kappa shape index (κ2) is 22.7. The minimum atomic E-state index is -0.552. The van der Waals surface area contributed by atoms with Crippen molar-refractivity contribution >= 4 is 22.7 Å². The highest BCUT2D eigenvalue weighted by Gasteiger charge is 2.45. The van der Waals surface area contributed by atoms with Gasteiger partial charge in [0.15, 0.2) is 0 Å². The third-order valence-electron chi connectivity index (χ3n) is 13.9. The maximum Gasteiger partial charge on any atom is 0.133 e. The quantitative estimate of drug-likeness (QED) is 0.128. The van der Waals surface area contributed by atoms with E-state index in [1.165, 1.54) is 0 Å². The Morgan fingerprint density at radius 3 is 0.786 bits per heavy atom. The van der Waals surface area contributed by atoms with Crippen molar-refractivity contribution in [1.29, 1.82) is 0 Å². The van der Waals surface area contributed by atoms with Crippen molar-refractivity contribution in [2.45, 2.75) is 49.4 Å². The van der Waals surface area contributed by atoms with E-state index in [2.05, 4.69) is 218 Å². The topological polar surface area (TPSA) is 34.1 Å². The van der Waals surface area contributed by atoms with Crippen LogP contribution in [0, 0.1) is 35.5 Å². The van der Waals surface area contributed by atoms with Crippen molar-refractivity contribution in [1.82, 2.24) is 0 Å². The van der Waals surface area contributed by atoms with E-state index in [1.807, 2.05) is 60.7 Å². The second-order valence-corrected chi connectivity index (χ2v) is 18.2. The summed E-state index contributed by atoms with van der Waals surface area (Å²) in [6.45, 7) is 0. The van der Waals surface area contributed by atoms with Crippen LogP contribution in [0.3, 0.4) is 0 Å². The van der Waals surface area contributed by atoms with Crippen LogP contribution in [0.2, 0.25) is 0 Å². The molecule has 0 aromatic heterocycles. The lowest BCUT2D eigenvalue weighted by Gasteiger charge is -2.35. The van der Waals surface area contributed by atoms with Gasteiger partial charge in [0.2, 0.25) is 0 Å². The summed E-state index contributed by atoms with van der Waals surface area (Å²) in [5.74, 6) is 15.4. The van der Waals surface area contributed by atoms with Crippen LogP contribution in [0.4, 0.5) is 0 Å². The number of ketones is 2. The summed E-state index contributed by atoms with van der Waals surface area (Å²) >= 11 is 0. The number of Topliss-reactive ketones (excluding diaryl/α,β-unsaturated/α-hetero) is 2. The van der Waals surface area contributed by atoms with E-state index in [4.69, 9.17) is 0 Å². The van der Waals surface area contributed by atoms with Crippen LogP contribution in [-0.2, 0) is 20.4 Å². The molecule has 8 aromatic carbocycles. The lowest BCUT2D eigenvalue weighted by Crippen LogP contribution is -2.34. The number of hydrogen-bond donors (Lipinski definition) is 0. The van der Waals surface area contributed by atoms with Crippen molar-refractivity contribution in [3.63, 3.8) is 0 Å². The molecule has 0 heterocycles. The zero-order valence-corrected chi connectivity index (χ0v) is 39.5. The van der Waals surface area contributed by atoms with Gasteiger partial charge in [0, 0.05) is 25.7 Å². The van der Waals surface area contributed by atoms with Crippen LogP contribution in [0.5, 0.6) is 0 Å². The number of benzene rings is 8. The number of rotatable bonds is 10. The van der Waals surface area contributed by atoms with Gasteiger partial charge in [-0.15, -0.1) is 0 Å². The van der Waals surface area contributed by atoms with Gasteiger partial charge in [-0.2, -0.15) is 0 Å². The van der Waals surface area contributed by atoms with Gasteiger partial charge in [0.25, 0.3) is 0 Å². The molecule has 0 spiro atoms. The third-order valence-corrected chi connectivity index (χ3v) is 13.9. The fraction of sp³-hybridized carbons (Fsp3) is 0.147. The van der Waals surface area contributed by atoms with E-state index >= 15 is 0 Å². The highest BCUT2D eigenvalue weighted by Crippen LogP contribution is 2.47. The van der Waals surface area contributed by atoms with Gasteiger partial charge < -0.3 is 0 Å². The first kappa shape index (κ1) is 46.8. The average molecular weight is 905 g/mol. The Bertz CT molecular complexity index is 2770. The van der Waals surface area contributed by atoms with Gasteiger partial charge in [-0.1, -0.05) is 266 Å². The van der Waals surface area contributed by atoms with Gasteiger partial charge in [0.1, 0.15) is 11.6 Å². The zero-order valence-electron chi connectivity index (χ0n) is 39.5. The first-order valence-corrected chi connectivity index (χ1v) is 24.5. The minimum absolute atomic E-state index is 0.137. The lowest BCUT2D eigenvalue weighted by atomic mass is 9.65. The molecule has 0 saturated heterocycles. The predicted octanol–water partition coefficient (Wildman–Crippen LogP) is 15.0. The number of hydrogen-bond acceptors (Lipinski definition) is 2. The highest BCUT2D eigenvalue weighted by molar-refractivity contribution is 5.84. The molecular weight excluding hydrogens is 849 g/mol. The molecule has 2 heteroatoms. The fourth-order valence-electron chi connectivity index (χ4n) is 10.5. The number of allylic oxidation sites excluding steroid dienone is 2. The SMILES string of the molecule is O=C1CC[C@@H](C(C#CC=C(c2ccccc2)c2ccccc2)(c2ccccc2)c2ccccc2)C1.O=C1CC[C@@H](C(C#CC=C(c2ccccc2)c2ccccc2)(c2ccccc2)c2ccccc2)C1. The van der Waals surface area contributed by atoms with E-state index in [-0.39, 0.29) is 11.8 Å². The lowest BCUT2D eigenvalue weighted by molar-refractivity contribution is -0.118. The van der Waals surface area contributed by atoms with Crippen molar-refractivity contribution in [3.8, 4) is 23.7 Å². The van der Waals surface area contributed by atoms with Gasteiger partial charge in [-0.25, -0.2) is 0 Å². The number of carbonyl (C=O) groups excluding carboxylic acids is 2. The molecule has 0 aliphatic heterocycles. The van der Waals surface area contributed by atoms with Gasteiger partial charge in [-0.05, 0) is 92.5 Å². The van der Waals surface area contributed by atoms with E-state index < -0.39 is 10.8 Å². The molecule has 8 aromatic rings. The molecule has 2 fully saturated rings. The molecule has 70 heavy (non-hydrogen) atoms. The maximum atomic E-state index is 12.5. The Balaban J connectivity index is 0.000000174. The molecule has 2 atom stereocenters. The first-order valence-electron chi connectivity index (χ1n) is 24.5. The Labute approximate surface area is 414 Å². The van der Waals surface area contributed by atoms with Crippen LogP contribution in [0.1, 0.15) is 83.0 Å². The summed E-state index contributed by atoms with van der Waals surface area (Å²) in [4.78, 5) is 24.9. The van der Waals surface area contributed by atoms with Crippen molar-refractivity contribution < 1.29 is 9.59 Å². The largest absolute Gasteiger partial charge is 0.300 e. The smallest absolute Gasteiger partial charge is 0.133 e. The first-order chi connectivity index (χ1) is 34.5. The molecule has 2 saturated carbocycles. The Hall–Kier alpha value is -8.30. The summed E-state index contributed by atoms with van der Waals surface area (Å²) in [5, 5.41) is 0. The third kappa shape index (κ3) is 10.5. The maximum absolute atomic E-state index is 12.5. The van der Waals surface area contributed by atoms with Crippen molar-refractivity contribution in [2.24, 2.45) is 11.8 Å². The van der Waals surface area contributed by atoms with E-state index in [9.17, 15) is 9.59 Å². The predicted molar refractivity (Wildman–Crippen MR) is 288 cm³/mol. The standard InChI is InChI=1S/2C34H28O/c2*35-32-24-23-31(26-32)34(29-18-9-3-10-19-29,30-20-11-4-12-21-30)25-13-22-33(27-14-5-1-6-15-27)28-16-7-2-8-17-28/h2*1-12,14-22,31H,23-24,26H2/t2*31-/m11/s1. The summed E-state index contributed by atoms with van der Waals surface area (Å²) < 4.78 is 0. The summed E-state index contributed by atoms with van der Waals surface area (Å²) in [5.41, 5.74) is 10.2. The van der Waals surface area contributed by atoms with E-state index in [0.29, 0.717) is 37.2 Å². The Morgan fingerprint density at radius 1 is 0.343 bits per heavy atom. The van der Waals surface area contributed by atoms with Crippen LogP contribution in [0.15, 0.2) is 255 Å². The molecular formula is C68H56O2. The van der Waals surface area contributed by atoms with Gasteiger partial charge >= 0.3 is 0 Å². The van der Waals surface area contributed by atoms with Crippen LogP contribution in [0.25, 0.3) is 11.1 Å². The zero-order chi connectivity index (χ0) is 47.9. The highest BCUT2D eigenvalue weighted by atomic mass is 16.1. The molecule has 2 nitrogen and oxygen atoms in total. The minimum Gasteiger partial charge on any atom is -0.300 e. The molecule has 2 aliphatic carbocycles. The summed E-state index contributed by atoms with van der Waals surface area (Å²) in [7, 11) is 0. The fourth-order valence-corrected chi connectivity index (χ4v) is 10.5. The molecule has 2 aliphatic rings. The Kier molecular flexibility index (Phi) is 15.2. The summed E-state index contributed by atoms with van der Waals surface area (Å²) in [6.07, 6.45) is 8.17. The molecule has 0 N–H and O–H groups in total. The van der Waals surface area contributed by atoms with E-state index in [0.717, 1.165) is 68.5 Å². The number of carbonyl (C=O) groups is 2. The van der Waals surface area contributed by atoms with Crippen molar-refractivity contribution in [3.05, 3.63) is 299 Å². The molecule has 0 radical (unpaired) electrons. The monoisotopic (exact) mass is 904 g/mol. The van der Waals surface area contributed by atoms with Crippen LogP contribution in [-0.4, -0.2) is 11.6 Å². The molecule has 0 amide bonds. The average Bonchev–Trinajstić information content (AvgIpc) is 4.09. The van der Waals surface area contributed by atoms with E-state index in [1.54, 1.807) is 0 Å². The Morgan fingerprint density at radius 2 is 0.571 bits per heavy atom. The van der Waals surface area contributed by atoms with Crippen LogP contribution >= 0.6 is 0 Å². The molecule has 0 bridgehead atoms. The second-order valence-electron chi connectivity index (χ2n) is 18.2. The molecule has 10 rings (SSSR count). The molecule has 0 unspecified atom stereocenters. The summed E-state index contributed by atoms with van der Waals surface area (Å²) in [6, 6.07) is 83.5. The normalized spacial score (nSPS) is 15.2. The van der Waals surface area contributed by atoms with Crippen molar-refractivity contribution in [2.75, 3.05) is 0 Å². The van der Waals surface area contributed by atoms with Crippen LogP contribution < -0.4 is 0 Å². The van der Waals surface area contributed by atoms with Gasteiger partial charge in [-0.3, -0.25) is 9.59 Å². The molecule has 340 valence electrons.